The largest absolute Gasteiger partial charge is 0.481 e. The van der Waals surface area contributed by atoms with E-state index in [1.54, 1.807) is 13.8 Å². The molecule has 0 aromatic heterocycles. The number of hydrogen-bond donors (Lipinski definition) is 2. The minimum Gasteiger partial charge on any atom is -0.481 e. The molecule has 0 spiro atoms. The molecule has 0 aliphatic carbocycles. The summed E-state index contributed by atoms with van der Waals surface area (Å²) >= 11 is 0. The zero-order chi connectivity index (χ0) is 16.8. The van der Waals surface area contributed by atoms with Gasteiger partial charge in [0.05, 0.1) is 0 Å². The normalized spacial score (nSPS) is 22.6. The summed E-state index contributed by atoms with van der Waals surface area (Å²) in [4.78, 5) is 18.7. The Labute approximate surface area is 109 Å². The minimum atomic E-state index is -5.66. The van der Waals surface area contributed by atoms with Gasteiger partial charge in [-0.25, -0.2) is 0 Å². The van der Waals surface area contributed by atoms with Gasteiger partial charge in [0.15, 0.2) is 0 Å². The molecule has 1 unspecified atom stereocenters. The highest BCUT2D eigenvalue weighted by atomic mass is 19.4. The molecule has 0 radical (unpaired) electrons. The Hall–Kier alpha value is -1.52. The van der Waals surface area contributed by atoms with Crippen LogP contribution in [0.2, 0.25) is 0 Å². The Morgan fingerprint density at radius 1 is 1.00 bits per heavy atom. The van der Waals surface area contributed by atoms with Gasteiger partial charge < -0.3 is 10.2 Å². The summed E-state index contributed by atoms with van der Waals surface area (Å²) in [6.07, 6.45) is -9.91. The number of carboxylic acid groups (broad SMARTS) is 2. The van der Waals surface area contributed by atoms with Crippen molar-refractivity contribution in [1.29, 1.82) is 0 Å². The van der Waals surface area contributed by atoms with Gasteiger partial charge in [0.25, 0.3) is 0 Å². The van der Waals surface area contributed by atoms with Crippen molar-refractivity contribution in [1.82, 2.24) is 0 Å². The number of halogens is 6. The molecule has 1 heterocycles. The van der Waals surface area contributed by atoms with Gasteiger partial charge in [-0.2, -0.15) is 26.3 Å². The van der Waals surface area contributed by atoms with Crippen molar-refractivity contribution in [2.75, 3.05) is 0 Å². The molecule has 0 amide bonds. The molecule has 0 aromatic rings. The zero-order valence-electron chi connectivity index (χ0n) is 10.3. The summed E-state index contributed by atoms with van der Waals surface area (Å²) < 4.78 is 70.4. The predicted octanol–water partition coefficient (Wildman–Crippen LogP) is 2.80. The third kappa shape index (κ3) is 6.59. The van der Waals surface area contributed by atoms with E-state index in [0.29, 0.717) is 0 Å². The first-order valence-corrected chi connectivity index (χ1v) is 5.02. The van der Waals surface area contributed by atoms with E-state index in [2.05, 4.69) is 4.74 Å². The second kappa shape index (κ2) is 7.31. The molecule has 0 saturated carbocycles. The second-order valence-electron chi connectivity index (χ2n) is 3.21. The molecule has 1 fully saturated rings. The fraction of sp³-hybridized carbons (Fsp3) is 0.778. The Bertz CT molecular complexity index is 328. The van der Waals surface area contributed by atoms with Gasteiger partial charge in [-0.15, -0.1) is 0 Å². The van der Waals surface area contributed by atoms with Crippen LogP contribution < -0.4 is 0 Å². The number of ether oxygens (including phenoxy) is 1. The predicted molar refractivity (Wildman–Crippen MR) is 51.8 cm³/mol. The van der Waals surface area contributed by atoms with Crippen LogP contribution in [0.4, 0.5) is 26.3 Å². The van der Waals surface area contributed by atoms with Crippen LogP contribution in [-0.2, 0) is 14.3 Å². The smallest absolute Gasteiger partial charge is 0.458 e. The molecule has 0 bridgehead atoms. The van der Waals surface area contributed by atoms with E-state index in [1.807, 2.05) is 0 Å². The summed E-state index contributed by atoms with van der Waals surface area (Å²) in [6.45, 7) is 3.20. The Morgan fingerprint density at radius 2 is 1.20 bits per heavy atom. The quantitative estimate of drug-likeness (QED) is 0.604. The van der Waals surface area contributed by atoms with Crippen LogP contribution in [0, 0.1) is 0 Å². The zero-order valence-corrected chi connectivity index (χ0v) is 10.3. The minimum absolute atomic E-state index is 0.222. The highest BCUT2D eigenvalue weighted by Gasteiger charge is 2.90. The summed E-state index contributed by atoms with van der Waals surface area (Å²) in [7, 11) is 0. The summed E-state index contributed by atoms with van der Waals surface area (Å²) in [5.74, 6) is -6.24. The monoisotopic (exact) mass is 314 g/mol. The van der Waals surface area contributed by atoms with Crippen LogP contribution in [-0.4, -0.2) is 40.3 Å². The number of carbonyl (C=O) groups is 2. The Morgan fingerprint density at radius 3 is 1.20 bits per heavy atom. The van der Waals surface area contributed by atoms with Gasteiger partial charge in [-0.1, -0.05) is 13.8 Å². The topological polar surface area (TPSA) is 87.1 Å². The van der Waals surface area contributed by atoms with Gasteiger partial charge >= 0.3 is 30.1 Å². The van der Waals surface area contributed by atoms with Gasteiger partial charge in [0, 0.05) is 12.8 Å². The molecule has 5 nitrogen and oxygen atoms in total. The number of carboxylic acids is 2. The van der Waals surface area contributed by atoms with E-state index in [1.165, 1.54) is 0 Å². The average molecular weight is 314 g/mol. The number of epoxide rings is 1. The van der Waals surface area contributed by atoms with Crippen molar-refractivity contribution in [3.05, 3.63) is 0 Å². The maximum Gasteiger partial charge on any atom is 0.458 e. The third-order valence-corrected chi connectivity index (χ3v) is 1.57. The standard InChI is InChI=1S/C3F6O.2C3H6O2/c4-1(2(5,6)7)3(8,9)10-1;2*1-2-3(4)5/h;2*2H2,1H3,(H,4,5). The number of aliphatic carboxylic acids is 2. The molecule has 120 valence electrons. The number of hydrogen-bond acceptors (Lipinski definition) is 3. The van der Waals surface area contributed by atoms with E-state index in [-0.39, 0.29) is 12.8 Å². The van der Waals surface area contributed by atoms with E-state index >= 15 is 0 Å². The first-order valence-electron chi connectivity index (χ1n) is 5.02. The first-order chi connectivity index (χ1) is 8.75. The Kier molecular flexibility index (Phi) is 7.60. The lowest BCUT2D eigenvalue weighted by Gasteiger charge is -2.04. The van der Waals surface area contributed by atoms with Crippen molar-refractivity contribution in [2.45, 2.75) is 44.8 Å². The number of alkyl halides is 6. The molecule has 1 atom stereocenters. The van der Waals surface area contributed by atoms with Gasteiger partial charge in [0.2, 0.25) is 0 Å². The third-order valence-electron chi connectivity index (χ3n) is 1.57. The molecular weight excluding hydrogens is 302 g/mol. The molecule has 1 saturated heterocycles. The van der Waals surface area contributed by atoms with Crippen molar-refractivity contribution in [3.8, 4) is 0 Å². The molecule has 0 aromatic carbocycles. The van der Waals surface area contributed by atoms with E-state index in [4.69, 9.17) is 10.2 Å². The van der Waals surface area contributed by atoms with Crippen LogP contribution in [0.3, 0.4) is 0 Å². The van der Waals surface area contributed by atoms with Gasteiger partial charge in [0.1, 0.15) is 0 Å². The molecule has 2 N–H and O–H groups in total. The highest BCUT2D eigenvalue weighted by molar-refractivity contribution is 5.66. The number of rotatable bonds is 2. The van der Waals surface area contributed by atoms with Crippen molar-refractivity contribution < 1.29 is 50.9 Å². The molecule has 1 aliphatic rings. The van der Waals surface area contributed by atoms with E-state index in [9.17, 15) is 35.9 Å². The molecule has 11 heteroatoms. The van der Waals surface area contributed by atoms with Gasteiger partial charge in [-0.3, -0.25) is 14.3 Å². The lowest BCUT2D eigenvalue weighted by Crippen LogP contribution is -2.32. The lowest BCUT2D eigenvalue weighted by atomic mass is 10.4. The van der Waals surface area contributed by atoms with Crippen molar-refractivity contribution in [3.63, 3.8) is 0 Å². The van der Waals surface area contributed by atoms with Gasteiger partial charge in [-0.05, 0) is 0 Å². The van der Waals surface area contributed by atoms with E-state index in [0.717, 1.165) is 0 Å². The van der Waals surface area contributed by atoms with Crippen LogP contribution in [0.15, 0.2) is 0 Å². The Balaban J connectivity index is 0. The molecule has 1 rings (SSSR count). The van der Waals surface area contributed by atoms with E-state index < -0.39 is 30.1 Å². The fourth-order valence-corrected chi connectivity index (χ4v) is 0.374. The lowest BCUT2D eigenvalue weighted by molar-refractivity contribution is -0.231. The summed E-state index contributed by atoms with van der Waals surface area (Å²) in [6, 6.07) is 0. The molecule has 20 heavy (non-hydrogen) atoms. The maximum atomic E-state index is 11.7. The summed E-state index contributed by atoms with van der Waals surface area (Å²) in [5.41, 5.74) is 0. The second-order valence-corrected chi connectivity index (χ2v) is 3.21. The highest BCUT2D eigenvalue weighted by Crippen LogP contribution is 2.60. The SMILES string of the molecule is CCC(=O)O.CCC(=O)O.FC(F)(F)C1(F)OC1(F)F. The molecular formula is C9H12F6O5. The molecule has 1 aliphatic heterocycles. The fourth-order valence-electron chi connectivity index (χ4n) is 0.374. The maximum absolute atomic E-state index is 11.7. The van der Waals surface area contributed by atoms with Crippen molar-refractivity contribution in [2.24, 2.45) is 0 Å². The van der Waals surface area contributed by atoms with Crippen LogP contribution >= 0.6 is 0 Å². The van der Waals surface area contributed by atoms with Crippen LogP contribution in [0.1, 0.15) is 26.7 Å². The summed E-state index contributed by atoms with van der Waals surface area (Å²) in [5, 5.41) is 15.4. The van der Waals surface area contributed by atoms with Crippen LogP contribution in [0.25, 0.3) is 0 Å². The van der Waals surface area contributed by atoms with Crippen LogP contribution in [0.5, 0.6) is 0 Å². The average Bonchev–Trinajstić information content (AvgIpc) is 2.81. The van der Waals surface area contributed by atoms with Crippen molar-refractivity contribution >= 4 is 11.9 Å². The first kappa shape index (κ1) is 20.8.